The van der Waals surface area contributed by atoms with E-state index < -0.39 is 15.9 Å². The van der Waals surface area contributed by atoms with Gasteiger partial charge in [0.05, 0.1) is 11.7 Å². The topological polar surface area (TPSA) is 69.7 Å². The molecule has 1 aromatic carbocycles. The minimum absolute atomic E-state index is 0.144. The Morgan fingerprint density at radius 1 is 1.26 bits per heavy atom. The molecule has 1 heterocycles. The molecule has 1 amide bonds. The average Bonchev–Trinajstić information content (AvgIpc) is 2.57. The number of carbonyl (C=O) groups excluding carboxylic acids is 1. The average molecular weight is 339 g/mol. The van der Waals surface area contributed by atoms with Gasteiger partial charge in [-0.15, -0.1) is 0 Å². The number of para-hydroxylation sites is 1. The molecule has 0 aliphatic carbocycles. The standard InChI is InChI=1S/C16H25N3O3S/c1-3-19(15-7-5-4-6-8-15)16(20)14(2)13-23(21,22)18-11-9-17-10-12-18/h4-8,14,17H,3,9-13H2,1-2H3. The summed E-state index contributed by atoms with van der Waals surface area (Å²) in [4.78, 5) is 14.3. The van der Waals surface area contributed by atoms with Crippen LogP contribution < -0.4 is 10.2 Å². The second-order valence-corrected chi connectivity index (χ2v) is 7.76. The van der Waals surface area contributed by atoms with Crippen LogP contribution in [0.25, 0.3) is 0 Å². The Balaban J connectivity index is 2.06. The molecule has 1 saturated heterocycles. The van der Waals surface area contributed by atoms with Gasteiger partial charge in [0.15, 0.2) is 0 Å². The van der Waals surface area contributed by atoms with Crippen LogP contribution in [0.5, 0.6) is 0 Å². The summed E-state index contributed by atoms with van der Waals surface area (Å²) in [7, 11) is -3.41. The van der Waals surface area contributed by atoms with Gasteiger partial charge in [0.25, 0.3) is 0 Å². The monoisotopic (exact) mass is 339 g/mol. The second-order valence-electron chi connectivity index (χ2n) is 5.75. The van der Waals surface area contributed by atoms with Gasteiger partial charge in [0, 0.05) is 38.4 Å². The fourth-order valence-corrected chi connectivity index (χ4v) is 4.48. The first kappa shape index (κ1) is 17.9. The molecule has 2 rings (SSSR count). The molecule has 0 aromatic heterocycles. The number of anilines is 1. The lowest BCUT2D eigenvalue weighted by Gasteiger charge is -2.29. The second kappa shape index (κ2) is 7.90. The van der Waals surface area contributed by atoms with Crippen LogP contribution in [0.15, 0.2) is 30.3 Å². The third-order valence-corrected chi connectivity index (χ3v) is 6.07. The summed E-state index contributed by atoms with van der Waals surface area (Å²) in [6, 6.07) is 9.35. The van der Waals surface area contributed by atoms with E-state index in [0.717, 1.165) is 5.69 Å². The van der Waals surface area contributed by atoms with Crippen molar-refractivity contribution in [1.82, 2.24) is 9.62 Å². The summed E-state index contributed by atoms with van der Waals surface area (Å²) in [6.45, 7) is 6.36. The van der Waals surface area contributed by atoms with Crippen LogP contribution >= 0.6 is 0 Å². The Labute approximate surface area is 138 Å². The maximum absolute atomic E-state index is 12.7. The number of benzene rings is 1. The van der Waals surface area contributed by atoms with Crippen molar-refractivity contribution in [3.63, 3.8) is 0 Å². The zero-order valence-corrected chi connectivity index (χ0v) is 14.6. The SMILES string of the molecule is CCN(C(=O)C(C)CS(=O)(=O)N1CCNCC1)c1ccccc1. The first-order valence-electron chi connectivity index (χ1n) is 8.00. The molecule has 7 heteroatoms. The van der Waals surface area contributed by atoms with Crippen molar-refractivity contribution < 1.29 is 13.2 Å². The van der Waals surface area contributed by atoms with E-state index in [1.165, 1.54) is 4.31 Å². The summed E-state index contributed by atoms with van der Waals surface area (Å²) < 4.78 is 26.4. The maximum Gasteiger partial charge on any atom is 0.230 e. The fourth-order valence-electron chi connectivity index (χ4n) is 2.75. The van der Waals surface area contributed by atoms with Crippen molar-refractivity contribution in [1.29, 1.82) is 0 Å². The van der Waals surface area contributed by atoms with Crippen LogP contribution in [-0.2, 0) is 14.8 Å². The molecule has 0 bridgehead atoms. The number of amides is 1. The molecule has 1 aromatic rings. The smallest absolute Gasteiger partial charge is 0.230 e. The van der Waals surface area contributed by atoms with Crippen molar-refractivity contribution in [3.8, 4) is 0 Å². The van der Waals surface area contributed by atoms with E-state index in [4.69, 9.17) is 0 Å². The third kappa shape index (κ3) is 4.53. The van der Waals surface area contributed by atoms with E-state index in [2.05, 4.69) is 5.32 Å². The quantitative estimate of drug-likeness (QED) is 0.836. The lowest BCUT2D eigenvalue weighted by atomic mass is 10.1. The van der Waals surface area contributed by atoms with Crippen LogP contribution in [0.2, 0.25) is 0 Å². The lowest BCUT2D eigenvalue weighted by Crippen LogP contribution is -2.48. The van der Waals surface area contributed by atoms with Gasteiger partial charge in [-0.25, -0.2) is 8.42 Å². The summed E-state index contributed by atoms with van der Waals surface area (Å²) in [5.74, 6) is -0.873. The van der Waals surface area contributed by atoms with Crippen LogP contribution in [0.1, 0.15) is 13.8 Å². The first-order valence-corrected chi connectivity index (χ1v) is 9.61. The highest BCUT2D eigenvalue weighted by atomic mass is 32.2. The van der Waals surface area contributed by atoms with E-state index in [0.29, 0.717) is 32.7 Å². The zero-order chi connectivity index (χ0) is 16.9. The van der Waals surface area contributed by atoms with Gasteiger partial charge < -0.3 is 10.2 Å². The van der Waals surface area contributed by atoms with Crippen LogP contribution in [0, 0.1) is 5.92 Å². The predicted molar refractivity (Wildman–Crippen MR) is 91.9 cm³/mol. The highest BCUT2D eigenvalue weighted by molar-refractivity contribution is 7.89. The van der Waals surface area contributed by atoms with Crippen molar-refractivity contribution in [3.05, 3.63) is 30.3 Å². The number of sulfonamides is 1. The minimum Gasteiger partial charge on any atom is -0.314 e. The van der Waals surface area contributed by atoms with Gasteiger partial charge in [-0.3, -0.25) is 4.79 Å². The molecule has 1 atom stereocenters. The molecule has 23 heavy (non-hydrogen) atoms. The number of hydrogen-bond donors (Lipinski definition) is 1. The summed E-state index contributed by atoms with van der Waals surface area (Å²) >= 11 is 0. The summed E-state index contributed by atoms with van der Waals surface area (Å²) in [5.41, 5.74) is 0.798. The number of carbonyl (C=O) groups is 1. The Hall–Kier alpha value is -1.44. The number of nitrogens with one attached hydrogen (secondary N) is 1. The highest BCUT2D eigenvalue weighted by Crippen LogP contribution is 2.18. The molecular formula is C16H25N3O3S. The van der Waals surface area contributed by atoms with Gasteiger partial charge in [-0.1, -0.05) is 25.1 Å². The molecule has 128 valence electrons. The summed E-state index contributed by atoms with van der Waals surface area (Å²) in [5, 5.41) is 3.13. The molecule has 1 aliphatic rings. The van der Waals surface area contributed by atoms with Crippen molar-refractivity contribution in [2.24, 2.45) is 5.92 Å². The van der Waals surface area contributed by atoms with Gasteiger partial charge in [-0.05, 0) is 19.1 Å². The van der Waals surface area contributed by atoms with Crippen LogP contribution in [-0.4, -0.2) is 57.1 Å². The molecule has 0 radical (unpaired) electrons. The van der Waals surface area contributed by atoms with E-state index in [1.54, 1.807) is 11.8 Å². The maximum atomic E-state index is 12.7. The number of nitrogens with zero attached hydrogens (tertiary/aromatic N) is 2. The molecule has 1 unspecified atom stereocenters. The van der Waals surface area contributed by atoms with E-state index in [9.17, 15) is 13.2 Å². The van der Waals surface area contributed by atoms with E-state index in [-0.39, 0.29) is 11.7 Å². The largest absolute Gasteiger partial charge is 0.314 e. The molecular weight excluding hydrogens is 314 g/mol. The lowest BCUT2D eigenvalue weighted by molar-refractivity contribution is -0.121. The van der Waals surface area contributed by atoms with E-state index >= 15 is 0 Å². The summed E-state index contributed by atoms with van der Waals surface area (Å²) in [6.07, 6.45) is 0. The zero-order valence-electron chi connectivity index (χ0n) is 13.7. The van der Waals surface area contributed by atoms with E-state index in [1.807, 2.05) is 37.3 Å². The Morgan fingerprint density at radius 3 is 2.43 bits per heavy atom. The minimum atomic E-state index is -3.41. The number of hydrogen-bond acceptors (Lipinski definition) is 4. The molecule has 0 saturated carbocycles. The number of rotatable bonds is 6. The number of piperazine rings is 1. The normalized spacial score (nSPS) is 17.7. The van der Waals surface area contributed by atoms with Gasteiger partial charge >= 0.3 is 0 Å². The van der Waals surface area contributed by atoms with Crippen LogP contribution in [0.3, 0.4) is 0 Å². The van der Waals surface area contributed by atoms with Crippen LogP contribution in [0.4, 0.5) is 5.69 Å². The molecule has 1 fully saturated rings. The van der Waals surface area contributed by atoms with Crippen molar-refractivity contribution in [2.75, 3.05) is 43.4 Å². The molecule has 1 N–H and O–H groups in total. The first-order chi connectivity index (χ1) is 11.0. The van der Waals surface area contributed by atoms with Gasteiger partial charge in [-0.2, -0.15) is 4.31 Å². The molecule has 0 spiro atoms. The van der Waals surface area contributed by atoms with Crippen molar-refractivity contribution >= 4 is 21.6 Å². The highest BCUT2D eigenvalue weighted by Gasteiger charge is 2.30. The Kier molecular flexibility index (Phi) is 6.15. The van der Waals surface area contributed by atoms with Gasteiger partial charge in [0.2, 0.25) is 15.9 Å². The predicted octanol–water partition coefficient (Wildman–Crippen LogP) is 0.911. The Bertz CT molecular complexity index is 613. The third-order valence-electron chi connectivity index (χ3n) is 4.00. The van der Waals surface area contributed by atoms with Gasteiger partial charge in [0.1, 0.15) is 0 Å². The fraction of sp³-hybridized carbons (Fsp3) is 0.562. The van der Waals surface area contributed by atoms with Crippen molar-refractivity contribution in [2.45, 2.75) is 13.8 Å². The Morgan fingerprint density at radius 2 is 1.87 bits per heavy atom. The molecule has 6 nitrogen and oxygen atoms in total. The molecule has 1 aliphatic heterocycles.